The lowest BCUT2D eigenvalue weighted by Gasteiger charge is -2.00. The first-order valence-corrected chi connectivity index (χ1v) is 4.74. The van der Waals surface area contributed by atoms with Gasteiger partial charge in [-0.15, -0.1) is 5.10 Å². The van der Waals surface area contributed by atoms with Crippen molar-refractivity contribution in [2.45, 2.75) is 5.16 Å². The molecule has 5 nitrogen and oxygen atoms in total. The highest BCUT2D eigenvalue weighted by atomic mass is 32.2. The molecule has 0 aliphatic heterocycles. The van der Waals surface area contributed by atoms with Gasteiger partial charge < -0.3 is 5.73 Å². The van der Waals surface area contributed by atoms with Crippen LogP contribution in [0.25, 0.3) is 0 Å². The Morgan fingerprint density at radius 3 is 3.00 bits per heavy atom. The van der Waals surface area contributed by atoms with Gasteiger partial charge in [0.15, 0.2) is 5.16 Å². The van der Waals surface area contributed by atoms with Gasteiger partial charge >= 0.3 is 5.69 Å². The Balaban J connectivity index is 2.60. The number of nitrogens with zero attached hydrogens (tertiary/aromatic N) is 2. The fourth-order valence-corrected chi connectivity index (χ4v) is 1.52. The zero-order valence-corrected chi connectivity index (χ0v) is 8.23. The minimum Gasteiger partial charge on any atom is -0.327 e. The Morgan fingerprint density at radius 1 is 1.85 bits per heavy atom. The van der Waals surface area contributed by atoms with E-state index in [1.807, 2.05) is 0 Å². The van der Waals surface area contributed by atoms with E-state index in [0.717, 1.165) is 5.57 Å². The minimum absolute atomic E-state index is 0.208. The molecule has 0 fully saturated rings. The van der Waals surface area contributed by atoms with E-state index in [9.17, 15) is 4.79 Å². The van der Waals surface area contributed by atoms with E-state index in [4.69, 9.17) is 5.73 Å². The lowest BCUT2D eigenvalue weighted by atomic mass is 10.4. The van der Waals surface area contributed by atoms with E-state index in [0.29, 0.717) is 17.5 Å². The van der Waals surface area contributed by atoms with Crippen molar-refractivity contribution in [3.05, 3.63) is 22.6 Å². The first-order chi connectivity index (χ1) is 6.15. The zero-order valence-electron chi connectivity index (χ0n) is 7.41. The molecule has 0 unspecified atom stereocenters. The van der Waals surface area contributed by atoms with Crippen molar-refractivity contribution < 1.29 is 0 Å². The fraction of sp³-hybridized carbons (Fsp3) is 0.429. The van der Waals surface area contributed by atoms with E-state index in [2.05, 4.69) is 16.8 Å². The third-order valence-corrected chi connectivity index (χ3v) is 2.71. The summed E-state index contributed by atoms with van der Waals surface area (Å²) in [5, 5.41) is 6.83. The van der Waals surface area contributed by atoms with Crippen LogP contribution in [0.1, 0.15) is 0 Å². The molecule has 6 heteroatoms. The molecule has 0 aromatic carbocycles. The summed E-state index contributed by atoms with van der Waals surface area (Å²) in [5.41, 5.74) is 6.09. The first kappa shape index (κ1) is 10.1. The number of nitrogens with two attached hydrogens (primary N) is 1. The van der Waals surface area contributed by atoms with Crippen LogP contribution < -0.4 is 11.4 Å². The van der Waals surface area contributed by atoms with Crippen LogP contribution in [0.5, 0.6) is 0 Å². The van der Waals surface area contributed by atoms with Crippen molar-refractivity contribution in [3.8, 4) is 0 Å². The van der Waals surface area contributed by atoms with Crippen LogP contribution in [0.3, 0.4) is 0 Å². The van der Waals surface area contributed by atoms with Gasteiger partial charge in [-0.05, 0) is 0 Å². The maximum Gasteiger partial charge on any atom is 0.343 e. The summed E-state index contributed by atoms with van der Waals surface area (Å²) >= 11 is 1.44. The van der Waals surface area contributed by atoms with Crippen molar-refractivity contribution in [2.24, 2.45) is 12.8 Å². The average Bonchev–Trinajstić information content (AvgIpc) is 2.44. The Morgan fingerprint density at radius 2 is 2.54 bits per heavy atom. The lowest BCUT2D eigenvalue weighted by molar-refractivity contribution is 0.766. The predicted octanol–water partition coefficient (Wildman–Crippen LogP) is -0.285. The van der Waals surface area contributed by atoms with Gasteiger partial charge in [0.2, 0.25) is 0 Å². The molecule has 0 bridgehead atoms. The van der Waals surface area contributed by atoms with Crippen LogP contribution in [0.15, 0.2) is 22.1 Å². The van der Waals surface area contributed by atoms with Gasteiger partial charge in [-0.25, -0.2) is 9.89 Å². The normalized spacial score (nSPS) is 10.3. The summed E-state index contributed by atoms with van der Waals surface area (Å²) < 4.78 is 1.45. The second-order valence-electron chi connectivity index (χ2n) is 2.61. The average molecular weight is 200 g/mol. The standard InChI is InChI=1S/C7H12N4OS/c1-5(3-8)4-13-7-10-9-6(12)11(7)2/h1,3-4,8H2,2H3,(H,9,12). The highest BCUT2D eigenvalue weighted by Crippen LogP contribution is 2.14. The van der Waals surface area contributed by atoms with Crippen LogP contribution in [0, 0.1) is 0 Å². The molecule has 1 aromatic heterocycles. The van der Waals surface area contributed by atoms with Gasteiger partial charge in [-0.1, -0.05) is 23.9 Å². The van der Waals surface area contributed by atoms with Crippen LogP contribution in [-0.2, 0) is 7.05 Å². The third-order valence-electron chi connectivity index (χ3n) is 1.53. The molecule has 0 aliphatic carbocycles. The van der Waals surface area contributed by atoms with Gasteiger partial charge in [0.05, 0.1) is 0 Å². The summed E-state index contributed by atoms with van der Waals surface area (Å²) in [6.45, 7) is 4.22. The molecule has 0 atom stereocenters. The maximum absolute atomic E-state index is 10.9. The van der Waals surface area contributed by atoms with E-state index in [1.54, 1.807) is 7.05 Å². The van der Waals surface area contributed by atoms with Crippen molar-refractivity contribution >= 4 is 11.8 Å². The number of hydrogen-bond acceptors (Lipinski definition) is 4. The Bertz CT molecular complexity index is 354. The van der Waals surface area contributed by atoms with Crippen molar-refractivity contribution in [1.82, 2.24) is 14.8 Å². The van der Waals surface area contributed by atoms with Crippen LogP contribution in [0.4, 0.5) is 0 Å². The Hall–Kier alpha value is -1.01. The van der Waals surface area contributed by atoms with Gasteiger partial charge in [-0.3, -0.25) is 4.57 Å². The highest BCUT2D eigenvalue weighted by molar-refractivity contribution is 7.99. The molecular weight excluding hydrogens is 188 g/mol. The number of thioether (sulfide) groups is 1. The molecule has 0 radical (unpaired) electrons. The van der Waals surface area contributed by atoms with Crippen molar-refractivity contribution in [3.63, 3.8) is 0 Å². The lowest BCUT2D eigenvalue weighted by Crippen LogP contribution is -2.13. The highest BCUT2D eigenvalue weighted by Gasteiger charge is 2.04. The Kier molecular flexibility index (Phi) is 3.32. The first-order valence-electron chi connectivity index (χ1n) is 3.76. The molecular formula is C7H12N4OS. The molecule has 0 saturated carbocycles. The molecule has 13 heavy (non-hydrogen) atoms. The van der Waals surface area contributed by atoms with Crippen molar-refractivity contribution in [1.29, 1.82) is 0 Å². The van der Waals surface area contributed by atoms with Crippen molar-refractivity contribution in [2.75, 3.05) is 12.3 Å². The van der Waals surface area contributed by atoms with Gasteiger partial charge in [0, 0.05) is 19.3 Å². The number of nitrogens with one attached hydrogen (secondary N) is 1. The molecule has 3 N–H and O–H groups in total. The molecule has 0 amide bonds. The number of aromatic amines is 1. The topological polar surface area (TPSA) is 76.7 Å². The Labute approximate surface area is 80.0 Å². The molecule has 0 saturated heterocycles. The fourth-order valence-electron chi connectivity index (χ4n) is 0.687. The van der Waals surface area contributed by atoms with Gasteiger partial charge in [-0.2, -0.15) is 0 Å². The second kappa shape index (κ2) is 4.29. The summed E-state index contributed by atoms with van der Waals surface area (Å²) in [6, 6.07) is 0. The maximum atomic E-state index is 10.9. The molecule has 1 heterocycles. The van der Waals surface area contributed by atoms with Crippen LogP contribution in [-0.4, -0.2) is 27.1 Å². The monoisotopic (exact) mass is 200 g/mol. The van der Waals surface area contributed by atoms with E-state index in [1.165, 1.54) is 16.3 Å². The zero-order chi connectivity index (χ0) is 9.84. The van der Waals surface area contributed by atoms with Crippen LogP contribution >= 0.6 is 11.8 Å². The molecule has 72 valence electrons. The quantitative estimate of drug-likeness (QED) is 0.517. The summed E-state index contributed by atoms with van der Waals surface area (Å²) in [4.78, 5) is 10.9. The third kappa shape index (κ3) is 2.46. The van der Waals surface area contributed by atoms with Gasteiger partial charge in [0.1, 0.15) is 0 Å². The summed E-state index contributed by atoms with van der Waals surface area (Å²) in [7, 11) is 1.67. The molecule has 0 aliphatic rings. The van der Waals surface area contributed by atoms with Crippen LogP contribution in [0.2, 0.25) is 0 Å². The summed E-state index contributed by atoms with van der Waals surface area (Å²) in [6.07, 6.45) is 0. The number of H-pyrrole nitrogens is 1. The molecule has 0 spiro atoms. The largest absolute Gasteiger partial charge is 0.343 e. The molecule has 1 aromatic rings. The number of rotatable bonds is 4. The number of hydrogen-bond donors (Lipinski definition) is 2. The smallest absolute Gasteiger partial charge is 0.327 e. The minimum atomic E-state index is -0.208. The molecule has 1 rings (SSSR count). The summed E-state index contributed by atoms with van der Waals surface area (Å²) in [5.74, 6) is 0.689. The van der Waals surface area contributed by atoms with E-state index >= 15 is 0 Å². The predicted molar refractivity (Wildman–Crippen MR) is 52.7 cm³/mol. The number of aromatic nitrogens is 3. The SMILES string of the molecule is C=C(CN)CSc1n[nH]c(=O)n1C. The van der Waals surface area contributed by atoms with E-state index < -0.39 is 0 Å². The van der Waals surface area contributed by atoms with E-state index in [-0.39, 0.29) is 5.69 Å². The van der Waals surface area contributed by atoms with Gasteiger partial charge in [0.25, 0.3) is 0 Å². The second-order valence-corrected chi connectivity index (χ2v) is 3.56.